The number of nitrogens with one attached hydrogen (secondary N) is 1. The van der Waals surface area contributed by atoms with Gasteiger partial charge in [-0.1, -0.05) is 46.6 Å². The predicted octanol–water partition coefficient (Wildman–Crippen LogP) is 4.43. The zero-order valence-electron chi connectivity index (χ0n) is 17.3. The Morgan fingerprint density at radius 2 is 1.87 bits per heavy atom. The van der Waals surface area contributed by atoms with Gasteiger partial charge in [0.05, 0.1) is 12.1 Å². The Kier molecular flexibility index (Phi) is 9.46. The molecule has 2 aromatic rings. The second kappa shape index (κ2) is 11.8. The number of hydrogen-bond acceptors (Lipinski definition) is 4. The van der Waals surface area contributed by atoms with E-state index >= 15 is 0 Å². The fourth-order valence-electron chi connectivity index (χ4n) is 2.95. The summed E-state index contributed by atoms with van der Waals surface area (Å²) in [6, 6.07) is 11.9. The van der Waals surface area contributed by atoms with Gasteiger partial charge in [-0.2, -0.15) is 0 Å². The number of nitrogens with zero attached hydrogens (tertiary/aromatic N) is 1. The van der Waals surface area contributed by atoms with Gasteiger partial charge in [-0.05, 0) is 49.2 Å². The number of hydrogen-bond donors (Lipinski definition) is 1. The van der Waals surface area contributed by atoms with E-state index in [0.29, 0.717) is 23.7 Å². The van der Waals surface area contributed by atoms with E-state index < -0.39 is 6.04 Å². The lowest BCUT2D eigenvalue weighted by atomic mass is 10.1. The van der Waals surface area contributed by atoms with Gasteiger partial charge in [0.2, 0.25) is 5.91 Å². The summed E-state index contributed by atoms with van der Waals surface area (Å²) in [5, 5.41) is 3.20. The van der Waals surface area contributed by atoms with E-state index in [4.69, 9.17) is 21.1 Å². The molecular weight excluding hydrogens is 472 g/mol. The average Bonchev–Trinajstić information content (AvgIpc) is 2.73. The molecule has 1 atom stereocenters. The van der Waals surface area contributed by atoms with Gasteiger partial charge in [0.15, 0.2) is 6.61 Å². The molecule has 2 amide bonds. The Morgan fingerprint density at radius 3 is 2.43 bits per heavy atom. The number of halogens is 2. The Morgan fingerprint density at radius 1 is 1.17 bits per heavy atom. The first-order valence-corrected chi connectivity index (χ1v) is 10.8. The smallest absolute Gasteiger partial charge is 0.261 e. The van der Waals surface area contributed by atoms with E-state index in [-0.39, 0.29) is 25.0 Å². The lowest BCUT2D eigenvalue weighted by Crippen LogP contribution is -2.50. The molecule has 0 saturated heterocycles. The molecule has 0 heterocycles. The highest BCUT2D eigenvalue weighted by molar-refractivity contribution is 9.10. The summed E-state index contributed by atoms with van der Waals surface area (Å²) in [7, 11) is 1.59. The van der Waals surface area contributed by atoms with Crippen molar-refractivity contribution in [2.24, 2.45) is 0 Å². The van der Waals surface area contributed by atoms with Gasteiger partial charge in [0, 0.05) is 17.6 Å². The van der Waals surface area contributed by atoms with E-state index in [0.717, 1.165) is 15.8 Å². The van der Waals surface area contributed by atoms with Crippen LogP contribution < -0.4 is 14.8 Å². The van der Waals surface area contributed by atoms with Crippen LogP contribution >= 0.6 is 27.5 Å². The average molecular weight is 498 g/mol. The molecule has 0 fully saturated rings. The van der Waals surface area contributed by atoms with Gasteiger partial charge in [-0.25, -0.2) is 0 Å². The third-order valence-electron chi connectivity index (χ3n) is 4.49. The highest BCUT2D eigenvalue weighted by atomic mass is 79.9. The number of likely N-dealkylation sites (N-methyl/N-ethyl adjacent to an activating group) is 1. The van der Waals surface area contributed by atoms with Gasteiger partial charge in [0.25, 0.3) is 5.91 Å². The molecule has 2 aromatic carbocycles. The van der Waals surface area contributed by atoms with E-state index in [9.17, 15) is 9.59 Å². The lowest BCUT2D eigenvalue weighted by molar-refractivity contribution is -0.142. The second-order valence-corrected chi connectivity index (χ2v) is 7.87. The predicted molar refractivity (Wildman–Crippen MR) is 121 cm³/mol. The Labute approximate surface area is 190 Å². The third kappa shape index (κ3) is 6.64. The monoisotopic (exact) mass is 496 g/mol. The molecule has 0 radical (unpaired) electrons. The maximum absolute atomic E-state index is 13.1. The maximum Gasteiger partial charge on any atom is 0.261 e. The normalized spacial score (nSPS) is 11.5. The van der Waals surface area contributed by atoms with Crippen LogP contribution in [-0.4, -0.2) is 43.0 Å². The summed E-state index contributed by atoms with van der Waals surface area (Å²) in [5.41, 5.74) is 0.883. The Balaban J connectivity index is 2.21. The van der Waals surface area contributed by atoms with Crippen molar-refractivity contribution in [1.82, 2.24) is 10.2 Å². The molecule has 30 heavy (non-hydrogen) atoms. The molecule has 162 valence electrons. The summed E-state index contributed by atoms with van der Waals surface area (Å²) >= 11 is 9.51. The number of carbonyl (C=O) groups is 2. The SMILES string of the molecule is CCNC(=O)C(CC)N(Cc1ccc(OC)cc1)C(=O)COc1ccc(Br)cc1Cl. The molecule has 2 rings (SSSR count). The number of amides is 2. The number of methoxy groups -OCH3 is 1. The summed E-state index contributed by atoms with van der Waals surface area (Å²) < 4.78 is 11.6. The molecule has 0 spiro atoms. The highest BCUT2D eigenvalue weighted by Gasteiger charge is 2.28. The summed E-state index contributed by atoms with van der Waals surface area (Å²) in [5.74, 6) is 0.635. The minimum absolute atomic E-state index is 0.191. The molecule has 0 aliphatic heterocycles. The van der Waals surface area contributed by atoms with E-state index in [1.54, 1.807) is 30.2 Å². The second-order valence-electron chi connectivity index (χ2n) is 6.55. The first-order valence-electron chi connectivity index (χ1n) is 9.67. The zero-order chi connectivity index (χ0) is 22.1. The van der Waals surface area contributed by atoms with Crippen LogP contribution in [-0.2, 0) is 16.1 Å². The highest BCUT2D eigenvalue weighted by Crippen LogP contribution is 2.28. The third-order valence-corrected chi connectivity index (χ3v) is 5.28. The van der Waals surface area contributed by atoms with Gasteiger partial charge in [0.1, 0.15) is 17.5 Å². The number of ether oxygens (including phenoxy) is 2. The number of rotatable bonds is 10. The van der Waals surface area contributed by atoms with Crippen LogP contribution in [0.4, 0.5) is 0 Å². The molecule has 6 nitrogen and oxygen atoms in total. The van der Waals surface area contributed by atoms with E-state index in [2.05, 4.69) is 21.2 Å². The van der Waals surface area contributed by atoms with Gasteiger partial charge in [-0.15, -0.1) is 0 Å². The van der Waals surface area contributed by atoms with Crippen molar-refractivity contribution < 1.29 is 19.1 Å². The van der Waals surface area contributed by atoms with Crippen molar-refractivity contribution in [3.05, 3.63) is 57.5 Å². The van der Waals surface area contributed by atoms with Crippen molar-refractivity contribution >= 4 is 39.3 Å². The molecule has 8 heteroatoms. The van der Waals surface area contributed by atoms with Crippen LogP contribution in [0.5, 0.6) is 11.5 Å². The summed E-state index contributed by atoms with van der Waals surface area (Å²) in [6.45, 7) is 4.26. The first kappa shape index (κ1) is 24.0. The van der Waals surface area contributed by atoms with Crippen LogP contribution in [0.2, 0.25) is 5.02 Å². The fourth-order valence-corrected chi connectivity index (χ4v) is 3.68. The minimum atomic E-state index is -0.608. The van der Waals surface area contributed by atoms with Crippen molar-refractivity contribution in [3.63, 3.8) is 0 Å². The molecule has 1 N–H and O–H groups in total. The minimum Gasteiger partial charge on any atom is -0.497 e. The quantitative estimate of drug-likeness (QED) is 0.527. The molecule has 0 saturated carbocycles. The Bertz CT molecular complexity index is 861. The van der Waals surface area contributed by atoms with Crippen molar-refractivity contribution in [3.8, 4) is 11.5 Å². The van der Waals surface area contributed by atoms with Gasteiger partial charge < -0.3 is 19.7 Å². The zero-order valence-corrected chi connectivity index (χ0v) is 19.6. The van der Waals surface area contributed by atoms with Gasteiger partial charge >= 0.3 is 0 Å². The van der Waals surface area contributed by atoms with E-state index in [1.807, 2.05) is 38.1 Å². The van der Waals surface area contributed by atoms with Crippen LogP contribution in [0, 0.1) is 0 Å². The fraction of sp³-hybridized carbons (Fsp3) is 0.364. The molecular formula is C22H26BrClN2O4. The number of benzene rings is 2. The summed E-state index contributed by atoms with van der Waals surface area (Å²) in [6.07, 6.45) is 0.479. The van der Waals surface area contributed by atoms with Crippen LogP contribution in [0.3, 0.4) is 0 Å². The Hall–Kier alpha value is -2.25. The van der Waals surface area contributed by atoms with E-state index in [1.165, 1.54) is 0 Å². The van der Waals surface area contributed by atoms with Crippen molar-refractivity contribution in [1.29, 1.82) is 0 Å². The molecule has 1 unspecified atom stereocenters. The van der Waals surface area contributed by atoms with Crippen LogP contribution in [0.1, 0.15) is 25.8 Å². The molecule has 0 aromatic heterocycles. The summed E-state index contributed by atoms with van der Waals surface area (Å²) in [4.78, 5) is 27.2. The first-order chi connectivity index (χ1) is 14.4. The standard InChI is InChI=1S/C22H26BrClN2O4/c1-4-19(22(28)25-5-2)26(13-15-6-9-17(29-3)10-7-15)21(27)14-30-20-11-8-16(23)12-18(20)24/h6-12,19H,4-5,13-14H2,1-3H3,(H,25,28). The molecule has 0 aliphatic rings. The largest absolute Gasteiger partial charge is 0.497 e. The maximum atomic E-state index is 13.1. The van der Waals surface area contributed by atoms with Crippen molar-refractivity contribution in [2.45, 2.75) is 32.9 Å². The van der Waals surface area contributed by atoms with Crippen LogP contribution in [0.25, 0.3) is 0 Å². The number of carbonyl (C=O) groups excluding carboxylic acids is 2. The topological polar surface area (TPSA) is 67.9 Å². The lowest BCUT2D eigenvalue weighted by Gasteiger charge is -2.30. The van der Waals surface area contributed by atoms with Crippen LogP contribution in [0.15, 0.2) is 46.9 Å². The molecule has 0 bridgehead atoms. The van der Waals surface area contributed by atoms with Gasteiger partial charge in [-0.3, -0.25) is 9.59 Å². The van der Waals surface area contributed by atoms with Crippen molar-refractivity contribution in [2.75, 3.05) is 20.3 Å². The molecule has 0 aliphatic carbocycles.